The Hall–Kier alpha value is -2.13. The number of nitrogens with two attached hydrogens (primary N) is 1. The molecule has 1 amide bonds. The van der Waals surface area contributed by atoms with Crippen molar-refractivity contribution in [2.45, 2.75) is 38.8 Å². The molecule has 0 heterocycles. The smallest absolute Gasteiger partial charge is 0.223 e. The Morgan fingerprint density at radius 2 is 1.30 bits per heavy atom. The molecule has 0 radical (unpaired) electrons. The van der Waals surface area contributed by atoms with E-state index >= 15 is 0 Å². The standard InChI is InChI=1S/C20H26N2O/c21-15-9-3-8-14-20(23)22(16-18-10-4-1-5-11-18)17-19-12-6-2-7-13-19/h1-2,4-7,10-13H,3,8-9,14-17,21H2. The van der Waals surface area contributed by atoms with E-state index in [9.17, 15) is 4.79 Å². The highest BCUT2D eigenvalue weighted by Gasteiger charge is 2.14. The highest BCUT2D eigenvalue weighted by molar-refractivity contribution is 5.76. The maximum atomic E-state index is 12.6. The molecule has 0 aliphatic heterocycles. The zero-order valence-electron chi connectivity index (χ0n) is 13.7. The van der Waals surface area contributed by atoms with Crippen molar-refractivity contribution in [2.24, 2.45) is 5.73 Å². The van der Waals surface area contributed by atoms with E-state index in [0.29, 0.717) is 26.1 Å². The molecule has 2 aromatic carbocycles. The molecule has 0 spiro atoms. The summed E-state index contributed by atoms with van der Waals surface area (Å²) in [4.78, 5) is 14.6. The Morgan fingerprint density at radius 3 is 1.78 bits per heavy atom. The van der Waals surface area contributed by atoms with E-state index < -0.39 is 0 Å². The lowest BCUT2D eigenvalue weighted by atomic mass is 10.1. The van der Waals surface area contributed by atoms with Crippen LogP contribution < -0.4 is 5.73 Å². The summed E-state index contributed by atoms with van der Waals surface area (Å²) < 4.78 is 0. The van der Waals surface area contributed by atoms with E-state index in [1.165, 1.54) is 11.1 Å². The van der Waals surface area contributed by atoms with Gasteiger partial charge in [0.25, 0.3) is 0 Å². The zero-order chi connectivity index (χ0) is 16.3. The first kappa shape index (κ1) is 17.2. The minimum Gasteiger partial charge on any atom is -0.334 e. The molecule has 2 aromatic rings. The summed E-state index contributed by atoms with van der Waals surface area (Å²) >= 11 is 0. The molecule has 2 rings (SSSR count). The molecule has 0 aromatic heterocycles. The van der Waals surface area contributed by atoms with Crippen molar-refractivity contribution in [2.75, 3.05) is 6.54 Å². The van der Waals surface area contributed by atoms with E-state index in [1.54, 1.807) is 0 Å². The number of benzene rings is 2. The lowest BCUT2D eigenvalue weighted by molar-refractivity contribution is -0.132. The third-order valence-corrected chi connectivity index (χ3v) is 3.88. The Morgan fingerprint density at radius 1 is 0.783 bits per heavy atom. The van der Waals surface area contributed by atoms with Gasteiger partial charge in [0, 0.05) is 19.5 Å². The van der Waals surface area contributed by atoms with Gasteiger partial charge in [0.05, 0.1) is 0 Å². The first-order valence-corrected chi connectivity index (χ1v) is 8.35. The Bertz CT molecular complexity index is 527. The third kappa shape index (κ3) is 6.25. The van der Waals surface area contributed by atoms with Crippen molar-refractivity contribution in [1.29, 1.82) is 0 Å². The van der Waals surface area contributed by atoms with Gasteiger partial charge in [-0.3, -0.25) is 4.79 Å². The minimum absolute atomic E-state index is 0.217. The minimum atomic E-state index is 0.217. The quantitative estimate of drug-likeness (QED) is 0.717. The van der Waals surface area contributed by atoms with Crippen LogP contribution in [-0.4, -0.2) is 17.4 Å². The van der Waals surface area contributed by atoms with Crippen LogP contribution in [0.1, 0.15) is 36.8 Å². The van der Waals surface area contributed by atoms with E-state index in [0.717, 1.165) is 19.3 Å². The molecule has 122 valence electrons. The molecule has 23 heavy (non-hydrogen) atoms. The summed E-state index contributed by atoms with van der Waals surface area (Å²) in [5.41, 5.74) is 7.85. The van der Waals surface area contributed by atoms with Gasteiger partial charge < -0.3 is 10.6 Å². The fourth-order valence-electron chi connectivity index (χ4n) is 2.60. The lowest BCUT2D eigenvalue weighted by Gasteiger charge is -2.23. The van der Waals surface area contributed by atoms with Crippen molar-refractivity contribution in [1.82, 2.24) is 4.90 Å². The van der Waals surface area contributed by atoms with Crippen molar-refractivity contribution >= 4 is 5.91 Å². The number of carbonyl (C=O) groups excluding carboxylic acids is 1. The molecular weight excluding hydrogens is 284 g/mol. The fraction of sp³-hybridized carbons (Fsp3) is 0.350. The van der Waals surface area contributed by atoms with Crippen LogP contribution >= 0.6 is 0 Å². The molecular formula is C20H26N2O. The van der Waals surface area contributed by atoms with Crippen LogP contribution in [0, 0.1) is 0 Å². The topological polar surface area (TPSA) is 46.3 Å². The van der Waals surface area contributed by atoms with Crippen LogP contribution in [-0.2, 0) is 17.9 Å². The highest BCUT2D eigenvalue weighted by Crippen LogP contribution is 2.13. The Labute approximate surface area is 139 Å². The first-order valence-electron chi connectivity index (χ1n) is 8.35. The molecule has 0 aliphatic carbocycles. The number of hydrogen-bond acceptors (Lipinski definition) is 2. The maximum Gasteiger partial charge on any atom is 0.223 e. The van der Waals surface area contributed by atoms with E-state index in [-0.39, 0.29) is 5.91 Å². The average molecular weight is 310 g/mol. The summed E-state index contributed by atoms with van der Waals surface area (Å²) in [6.45, 7) is 2.02. The van der Waals surface area contributed by atoms with E-state index in [1.807, 2.05) is 41.3 Å². The number of carbonyl (C=O) groups is 1. The number of rotatable bonds is 9. The van der Waals surface area contributed by atoms with Crippen LogP contribution in [0.4, 0.5) is 0 Å². The monoisotopic (exact) mass is 310 g/mol. The van der Waals surface area contributed by atoms with Crippen molar-refractivity contribution in [3.63, 3.8) is 0 Å². The predicted octanol–water partition coefficient (Wildman–Crippen LogP) is 3.73. The first-order chi connectivity index (χ1) is 11.3. The molecule has 0 atom stereocenters. The van der Waals surface area contributed by atoms with Crippen LogP contribution in [0.3, 0.4) is 0 Å². The number of amides is 1. The molecule has 3 heteroatoms. The normalized spacial score (nSPS) is 10.5. The predicted molar refractivity (Wildman–Crippen MR) is 94.7 cm³/mol. The lowest BCUT2D eigenvalue weighted by Crippen LogP contribution is -2.29. The van der Waals surface area contributed by atoms with Gasteiger partial charge in [-0.05, 0) is 30.5 Å². The maximum absolute atomic E-state index is 12.6. The number of nitrogens with zero attached hydrogens (tertiary/aromatic N) is 1. The van der Waals surface area contributed by atoms with Crippen LogP contribution in [0.2, 0.25) is 0 Å². The second-order valence-electron chi connectivity index (χ2n) is 5.82. The molecule has 0 fully saturated rings. The van der Waals surface area contributed by atoms with Crippen molar-refractivity contribution in [3.05, 3.63) is 71.8 Å². The van der Waals surface area contributed by atoms with Gasteiger partial charge >= 0.3 is 0 Å². The van der Waals surface area contributed by atoms with Crippen LogP contribution in [0.15, 0.2) is 60.7 Å². The van der Waals surface area contributed by atoms with E-state index in [2.05, 4.69) is 24.3 Å². The molecule has 0 saturated heterocycles. The summed E-state index contributed by atoms with van der Waals surface area (Å²) in [6, 6.07) is 20.3. The summed E-state index contributed by atoms with van der Waals surface area (Å²) in [5.74, 6) is 0.217. The van der Waals surface area contributed by atoms with Gasteiger partial charge in [0.2, 0.25) is 5.91 Å². The molecule has 0 saturated carbocycles. The molecule has 0 aliphatic rings. The largest absolute Gasteiger partial charge is 0.334 e. The fourth-order valence-corrected chi connectivity index (χ4v) is 2.60. The Kier molecular flexibility index (Phi) is 7.34. The highest BCUT2D eigenvalue weighted by atomic mass is 16.2. The Balaban J connectivity index is 2.00. The molecule has 0 unspecified atom stereocenters. The second kappa shape index (κ2) is 9.80. The second-order valence-corrected chi connectivity index (χ2v) is 5.82. The van der Waals surface area contributed by atoms with Gasteiger partial charge in [-0.2, -0.15) is 0 Å². The number of hydrogen-bond donors (Lipinski definition) is 1. The van der Waals surface area contributed by atoms with E-state index in [4.69, 9.17) is 5.73 Å². The van der Waals surface area contributed by atoms with Gasteiger partial charge in [-0.1, -0.05) is 67.1 Å². The molecule has 3 nitrogen and oxygen atoms in total. The zero-order valence-corrected chi connectivity index (χ0v) is 13.7. The van der Waals surface area contributed by atoms with Gasteiger partial charge in [-0.25, -0.2) is 0 Å². The summed E-state index contributed by atoms with van der Waals surface area (Å²) in [5, 5.41) is 0. The SMILES string of the molecule is NCCCCCC(=O)N(Cc1ccccc1)Cc1ccccc1. The van der Waals surface area contributed by atoms with Crippen LogP contribution in [0.5, 0.6) is 0 Å². The van der Waals surface area contributed by atoms with Gasteiger partial charge in [0.15, 0.2) is 0 Å². The summed E-state index contributed by atoms with van der Waals surface area (Å²) in [7, 11) is 0. The number of unbranched alkanes of at least 4 members (excludes halogenated alkanes) is 2. The molecule has 0 bridgehead atoms. The molecule has 2 N–H and O–H groups in total. The van der Waals surface area contributed by atoms with Crippen molar-refractivity contribution in [3.8, 4) is 0 Å². The van der Waals surface area contributed by atoms with Gasteiger partial charge in [-0.15, -0.1) is 0 Å². The third-order valence-electron chi connectivity index (χ3n) is 3.88. The van der Waals surface area contributed by atoms with Gasteiger partial charge in [0.1, 0.15) is 0 Å². The van der Waals surface area contributed by atoms with Crippen LogP contribution in [0.25, 0.3) is 0 Å². The average Bonchev–Trinajstić information content (AvgIpc) is 2.60. The van der Waals surface area contributed by atoms with Crippen molar-refractivity contribution < 1.29 is 4.79 Å². The summed E-state index contributed by atoms with van der Waals surface area (Å²) in [6.07, 6.45) is 3.52.